The third-order valence-corrected chi connectivity index (χ3v) is 4.92. The molecule has 0 aliphatic carbocycles. The van der Waals surface area contributed by atoms with Crippen molar-refractivity contribution in [3.05, 3.63) is 46.4 Å². The third-order valence-electron chi connectivity index (χ3n) is 3.43. The first-order valence-corrected chi connectivity index (χ1v) is 9.28. The fourth-order valence-corrected chi connectivity index (χ4v) is 3.52. The quantitative estimate of drug-likeness (QED) is 0.697. The summed E-state index contributed by atoms with van der Waals surface area (Å²) >= 11 is 2.60. The number of hydrogen-bond donors (Lipinski definition) is 2. The topological polar surface area (TPSA) is 102 Å². The predicted molar refractivity (Wildman–Crippen MR) is 97.1 cm³/mol. The number of benzene rings is 1. The minimum absolute atomic E-state index is 0.107. The predicted octanol–water partition coefficient (Wildman–Crippen LogP) is 2.76. The first-order chi connectivity index (χ1) is 12.7. The van der Waals surface area contributed by atoms with Gasteiger partial charge in [-0.3, -0.25) is 14.9 Å². The SMILES string of the molecule is O=C(Cc1csc(NC(=O)c2ccc3c(c2)OCO3)n1)Nc1nccs1. The van der Waals surface area contributed by atoms with Gasteiger partial charge in [-0.25, -0.2) is 9.97 Å². The molecular formula is C16H12N4O4S2. The summed E-state index contributed by atoms with van der Waals surface area (Å²) in [5.74, 6) is 0.635. The zero-order valence-corrected chi connectivity index (χ0v) is 14.9. The zero-order chi connectivity index (χ0) is 17.9. The van der Waals surface area contributed by atoms with Crippen molar-refractivity contribution in [2.45, 2.75) is 6.42 Å². The number of rotatable bonds is 5. The summed E-state index contributed by atoms with van der Waals surface area (Å²) < 4.78 is 10.5. The highest BCUT2D eigenvalue weighted by Gasteiger charge is 2.17. The summed E-state index contributed by atoms with van der Waals surface area (Å²) in [5, 5.41) is 9.89. The maximum Gasteiger partial charge on any atom is 0.257 e. The number of fused-ring (bicyclic) bond motifs is 1. The Balaban J connectivity index is 1.37. The summed E-state index contributed by atoms with van der Waals surface area (Å²) in [6.07, 6.45) is 1.73. The van der Waals surface area contributed by atoms with Crippen LogP contribution in [0.4, 0.5) is 10.3 Å². The molecule has 2 amide bonds. The maximum atomic E-state index is 12.3. The van der Waals surface area contributed by atoms with E-state index in [0.29, 0.717) is 33.0 Å². The van der Waals surface area contributed by atoms with Crippen LogP contribution in [0.15, 0.2) is 35.2 Å². The van der Waals surface area contributed by atoms with Crippen molar-refractivity contribution >= 4 is 44.8 Å². The highest BCUT2D eigenvalue weighted by molar-refractivity contribution is 7.14. The van der Waals surface area contributed by atoms with Gasteiger partial charge in [0.1, 0.15) is 0 Å². The lowest BCUT2D eigenvalue weighted by molar-refractivity contribution is -0.115. The molecule has 26 heavy (non-hydrogen) atoms. The molecule has 4 rings (SSSR count). The van der Waals surface area contributed by atoms with Crippen molar-refractivity contribution in [3.8, 4) is 11.5 Å². The summed E-state index contributed by atoms with van der Waals surface area (Å²) in [6, 6.07) is 4.96. The van der Waals surface area contributed by atoms with Gasteiger partial charge in [-0.05, 0) is 18.2 Å². The van der Waals surface area contributed by atoms with E-state index in [0.717, 1.165) is 0 Å². The van der Waals surface area contributed by atoms with Gasteiger partial charge in [-0.2, -0.15) is 0 Å². The molecular weight excluding hydrogens is 376 g/mol. The Bertz CT molecular complexity index is 955. The number of ether oxygens (including phenoxy) is 2. The fourth-order valence-electron chi connectivity index (χ4n) is 2.27. The number of anilines is 2. The van der Waals surface area contributed by atoms with Crippen LogP contribution in [0.5, 0.6) is 11.5 Å². The number of nitrogens with one attached hydrogen (secondary N) is 2. The minimum Gasteiger partial charge on any atom is -0.454 e. The van der Waals surface area contributed by atoms with Gasteiger partial charge in [-0.15, -0.1) is 22.7 Å². The van der Waals surface area contributed by atoms with Crippen LogP contribution in [-0.2, 0) is 11.2 Å². The Morgan fingerprint density at radius 2 is 2.00 bits per heavy atom. The number of carbonyl (C=O) groups excluding carboxylic acids is 2. The molecule has 3 aromatic rings. The summed E-state index contributed by atoms with van der Waals surface area (Å²) in [6.45, 7) is 0.152. The van der Waals surface area contributed by atoms with E-state index in [4.69, 9.17) is 9.47 Å². The lowest BCUT2D eigenvalue weighted by atomic mass is 10.2. The van der Waals surface area contributed by atoms with Gasteiger partial charge in [0.2, 0.25) is 12.7 Å². The van der Waals surface area contributed by atoms with Gasteiger partial charge in [0, 0.05) is 22.5 Å². The summed E-state index contributed by atoms with van der Waals surface area (Å²) in [5.41, 5.74) is 1.01. The largest absolute Gasteiger partial charge is 0.454 e. The Kier molecular flexibility index (Phi) is 4.50. The average molecular weight is 388 g/mol. The van der Waals surface area contributed by atoms with Crippen molar-refractivity contribution in [1.29, 1.82) is 0 Å². The fraction of sp³-hybridized carbons (Fsp3) is 0.125. The first-order valence-electron chi connectivity index (χ1n) is 7.52. The minimum atomic E-state index is -0.309. The smallest absolute Gasteiger partial charge is 0.257 e. The van der Waals surface area contributed by atoms with E-state index in [1.807, 2.05) is 0 Å². The standard InChI is InChI=1S/C16H12N4O4S2/c21-13(19-15-17-3-4-25-15)6-10-7-26-16(18-10)20-14(22)9-1-2-11-12(5-9)24-8-23-11/h1-5,7H,6,8H2,(H,17,19,21)(H,18,20,22). The second kappa shape index (κ2) is 7.10. The van der Waals surface area contributed by atoms with Crippen LogP contribution < -0.4 is 20.1 Å². The Morgan fingerprint density at radius 1 is 1.12 bits per heavy atom. The highest BCUT2D eigenvalue weighted by atomic mass is 32.1. The number of amides is 2. The van der Waals surface area contributed by atoms with Crippen LogP contribution >= 0.6 is 22.7 Å². The van der Waals surface area contributed by atoms with Crippen molar-refractivity contribution in [2.24, 2.45) is 0 Å². The van der Waals surface area contributed by atoms with Gasteiger partial charge >= 0.3 is 0 Å². The molecule has 132 valence electrons. The van der Waals surface area contributed by atoms with Gasteiger partial charge in [0.25, 0.3) is 5.91 Å². The van der Waals surface area contributed by atoms with E-state index < -0.39 is 0 Å². The monoisotopic (exact) mass is 388 g/mol. The normalized spacial score (nSPS) is 12.0. The molecule has 3 heterocycles. The molecule has 1 aliphatic rings. The molecule has 0 spiro atoms. The average Bonchev–Trinajstić information content (AvgIpc) is 3.36. The maximum absolute atomic E-state index is 12.3. The number of aromatic nitrogens is 2. The zero-order valence-electron chi connectivity index (χ0n) is 13.2. The van der Waals surface area contributed by atoms with E-state index in [-0.39, 0.29) is 25.0 Å². The number of carbonyl (C=O) groups is 2. The molecule has 2 N–H and O–H groups in total. The van der Waals surface area contributed by atoms with Crippen molar-refractivity contribution in [2.75, 3.05) is 17.4 Å². The van der Waals surface area contributed by atoms with Gasteiger partial charge in [0.05, 0.1) is 12.1 Å². The Hall–Kier alpha value is -2.98. The molecule has 1 aliphatic heterocycles. The molecule has 0 unspecified atom stereocenters. The molecule has 2 aromatic heterocycles. The summed E-state index contributed by atoms with van der Waals surface area (Å²) in [4.78, 5) is 32.5. The highest BCUT2D eigenvalue weighted by Crippen LogP contribution is 2.32. The lowest BCUT2D eigenvalue weighted by Crippen LogP contribution is -2.15. The molecule has 1 aromatic carbocycles. The summed E-state index contributed by atoms with van der Waals surface area (Å²) in [7, 11) is 0. The van der Waals surface area contributed by atoms with Crippen LogP contribution in [0.1, 0.15) is 16.1 Å². The van der Waals surface area contributed by atoms with Crippen LogP contribution in [0.3, 0.4) is 0 Å². The number of nitrogens with zero attached hydrogens (tertiary/aromatic N) is 2. The van der Waals surface area contributed by atoms with Crippen molar-refractivity contribution in [3.63, 3.8) is 0 Å². The number of thiazole rings is 2. The second-order valence-electron chi connectivity index (χ2n) is 5.23. The van der Waals surface area contributed by atoms with Crippen molar-refractivity contribution in [1.82, 2.24) is 9.97 Å². The Labute approximate surface area is 155 Å². The van der Waals surface area contributed by atoms with Crippen LogP contribution in [0.25, 0.3) is 0 Å². The van der Waals surface area contributed by atoms with E-state index in [1.165, 1.54) is 22.7 Å². The van der Waals surface area contributed by atoms with Gasteiger partial charge in [0.15, 0.2) is 21.8 Å². The second-order valence-corrected chi connectivity index (χ2v) is 6.98. The third kappa shape index (κ3) is 3.65. The molecule has 10 heteroatoms. The van der Waals surface area contributed by atoms with E-state index in [9.17, 15) is 9.59 Å². The molecule has 0 saturated heterocycles. The molecule has 0 fully saturated rings. The van der Waals surface area contributed by atoms with E-state index in [2.05, 4.69) is 20.6 Å². The van der Waals surface area contributed by atoms with E-state index in [1.54, 1.807) is 35.2 Å². The molecule has 8 nitrogen and oxygen atoms in total. The number of hydrogen-bond acceptors (Lipinski definition) is 8. The van der Waals surface area contributed by atoms with E-state index >= 15 is 0 Å². The van der Waals surface area contributed by atoms with Crippen LogP contribution in [0, 0.1) is 0 Å². The van der Waals surface area contributed by atoms with Crippen LogP contribution in [0.2, 0.25) is 0 Å². The van der Waals surface area contributed by atoms with Crippen LogP contribution in [-0.4, -0.2) is 28.6 Å². The van der Waals surface area contributed by atoms with Gasteiger partial charge < -0.3 is 14.8 Å². The van der Waals surface area contributed by atoms with Crippen molar-refractivity contribution < 1.29 is 19.1 Å². The molecule has 0 saturated carbocycles. The first kappa shape index (κ1) is 16.5. The van der Waals surface area contributed by atoms with Gasteiger partial charge in [-0.1, -0.05) is 0 Å². The molecule has 0 atom stereocenters. The lowest BCUT2D eigenvalue weighted by Gasteiger charge is -2.03. The molecule has 0 radical (unpaired) electrons. The Morgan fingerprint density at radius 3 is 2.85 bits per heavy atom. The molecule has 0 bridgehead atoms.